The van der Waals surface area contributed by atoms with Gasteiger partial charge in [0.05, 0.1) is 13.1 Å². The van der Waals surface area contributed by atoms with Crippen molar-refractivity contribution >= 4 is 23.3 Å². The summed E-state index contributed by atoms with van der Waals surface area (Å²) in [6, 6.07) is 7.43. The Morgan fingerprint density at radius 2 is 1.38 bits per heavy atom. The number of nitrogens with two attached hydrogens (primary N) is 1. The molecule has 2 N–H and O–H groups in total. The second-order valence-corrected chi connectivity index (χ2v) is 5.52. The van der Waals surface area contributed by atoms with Gasteiger partial charge < -0.3 is 20.1 Å². The zero-order valence-corrected chi connectivity index (χ0v) is 14.6. The third kappa shape index (κ3) is 7.85. The molecule has 0 atom stereocenters. The van der Waals surface area contributed by atoms with Crippen molar-refractivity contribution in [2.75, 3.05) is 36.9 Å². The lowest BCUT2D eigenvalue weighted by Gasteiger charge is -2.24. The number of hydrogen-bond acceptors (Lipinski definition) is 6. The summed E-state index contributed by atoms with van der Waals surface area (Å²) in [5, 5.41) is 0. The van der Waals surface area contributed by atoms with Gasteiger partial charge in [-0.1, -0.05) is 13.8 Å². The summed E-state index contributed by atoms with van der Waals surface area (Å²) in [5.41, 5.74) is 7.35. The van der Waals surface area contributed by atoms with Crippen molar-refractivity contribution in [2.45, 2.75) is 39.5 Å². The number of ether oxygens (including phenoxy) is 2. The molecule has 24 heavy (non-hydrogen) atoms. The average molecular weight is 336 g/mol. The highest BCUT2D eigenvalue weighted by Crippen LogP contribution is 2.16. The van der Waals surface area contributed by atoms with E-state index in [2.05, 4.69) is 0 Å². The van der Waals surface area contributed by atoms with E-state index in [1.807, 2.05) is 43.0 Å². The number of benzene rings is 1. The van der Waals surface area contributed by atoms with Crippen LogP contribution < -0.4 is 10.6 Å². The van der Waals surface area contributed by atoms with Crippen molar-refractivity contribution in [1.82, 2.24) is 0 Å². The second-order valence-electron chi connectivity index (χ2n) is 5.52. The van der Waals surface area contributed by atoms with Crippen LogP contribution >= 0.6 is 0 Å². The van der Waals surface area contributed by atoms with Crippen LogP contribution in [0.3, 0.4) is 0 Å². The standard InChI is InChI=1S/C18H28N2O4/c1-3-5-17(21)23-13-11-20(12-14-24-18(22)6-4-2)16-9-7-15(19)8-10-16/h7-10H,3-6,11-14,19H2,1-2H3. The largest absolute Gasteiger partial charge is 0.464 e. The number of esters is 2. The first-order valence-electron chi connectivity index (χ1n) is 8.48. The van der Waals surface area contributed by atoms with Crippen molar-refractivity contribution in [3.8, 4) is 0 Å². The van der Waals surface area contributed by atoms with E-state index < -0.39 is 0 Å². The van der Waals surface area contributed by atoms with Crippen molar-refractivity contribution in [2.24, 2.45) is 0 Å². The van der Waals surface area contributed by atoms with E-state index in [4.69, 9.17) is 15.2 Å². The molecule has 0 unspecified atom stereocenters. The number of nitrogen functional groups attached to an aromatic ring is 1. The lowest BCUT2D eigenvalue weighted by molar-refractivity contribution is -0.143. The van der Waals surface area contributed by atoms with E-state index in [0.29, 0.717) is 44.8 Å². The molecule has 0 radical (unpaired) electrons. The molecule has 0 spiro atoms. The van der Waals surface area contributed by atoms with Gasteiger partial charge in [-0.05, 0) is 37.1 Å². The maximum Gasteiger partial charge on any atom is 0.305 e. The highest BCUT2D eigenvalue weighted by molar-refractivity contribution is 5.69. The first kappa shape index (κ1) is 19.8. The van der Waals surface area contributed by atoms with Crippen LogP contribution in [-0.2, 0) is 19.1 Å². The van der Waals surface area contributed by atoms with E-state index in [0.717, 1.165) is 18.5 Å². The molecule has 6 heteroatoms. The highest BCUT2D eigenvalue weighted by Gasteiger charge is 2.10. The Morgan fingerprint density at radius 3 is 1.79 bits per heavy atom. The lowest BCUT2D eigenvalue weighted by atomic mass is 10.2. The summed E-state index contributed by atoms with van der Waals surface area (Å²) in [4.78, 5) is 24.9. The first-order chi connectivity index (χ1) is 11.6. The lowest BCUT2D eigenvalue weighted by Crippen LogP contribution is -2.32. The summed E-state index contributed by atoms with van der Waals surface area (Å²) < 4.78 is 10.4. The minimum absolute atomic E-state index is 0.191. The predicted octanol–water partition coefficient (Wildman–Crippen LogP) is 2.76. The Kier molecular flexibility index (Phi) is 9.34. The molecule has 1 aromatic rings. The number of carbonyl (C=O) groups excluding carboxylic acids is 2. The molecule has 0 saturated heterocycles. The van der Waals surface area contributed by atoms with E-state index in [-0.39, 0.29) is 11.9 Å². The Morgan fingerprint density at radius 1 is 0.917 bits per heavy atom. The zero-order valence-electron chi connectivity index (χ0n) is 14.6. The van der Waals surface area contributed by atoms with Crippen molar-refractivity contribution in [3.63, 3.8) is 0 Å². The fraction of sp³-hybridized carbons (Fsp3) is 0.556. The van der Waals surface area contributed by atoms with E-state index in [1.165, 1.54) is 0 Å². The van der Waals surface area contributed by atoms with Crippen LogP contribution in [0.1, 0.15) is 39.5 Å². The van der Waals surface area contributed by atoms with Crippen molar-refractivity contribution in [3.05, 3.63) is 24.3 Å². The number of hydrogen-bond donors (Lipinski definition) is 1. The normalized spacial score (nSPS) is 10.2. The molecule has 0 fully saturated rings. The van der Waals surface area contributed by atoms with Gasteiger partial charge in [0, 0.05) is 24.2 Å². The van der Waals surface area contributed by atoms with E-state index >= 15 is 0 Å². The fourth-order valence-electron chi connectivity index (χ4n) is 2.15. The Balaban J connectivity index is 2.54. The molecule has 0 aliphatic heterocycles. The SMILES string of the molecule is CCCC(=O)OCCN(CCOC(=O)CCC)c1ccc(N)cc1. The van der Waals surface area contributed by atoms with Gasteiger partial charge in [-0.2, -0.15) is 0 Å². The molecule has 0 aliphatic carbocycles. The summed E-state index contributed by atoms with van der Waals surface area (Å²) in [7, 11) is 0. The van der Waals surface area contributed by atoms with Crippen LogP contribution in [0, 0.1) is 0 Å². The average Bonchev–Trinajstić information content (AvgIpc) is 2.55. The van der Waals surface area contributed by atoms with Crippen LogP contribution in [0.25, 0.3) is 0 Å². The summed E-state index contributed by atoms with van der Waals surface area (Å²) >= 11 is 0. The minimum atomic E-state index is -0.191. The molecule has 0 heterocycles. The summed E-state index contributed by atoms with van der Waals surface area (Å²) in [5.74, 6) is -0.381. The molecule has 6 nitrogen and oxygen atoms in total. The molecule has 1 aromatic carbocycles. The second kappa shape index (κ2) is 11.3. The third-order valence-electron chi connectivity index (χ3n) is 3.41. The molecule has 1 rings (SSSR count). The smallest absolute Gasteiger partial charge is 0.305 e. The summed E-state index contributed by atoms with van der Waals surface area (Å²) in [6.07, 6.45) is 2.40. The van der Waals surface area contributed by atoms with Crippen LogP contribution in [-0.4, -0.2) is 38.2 Å². The molecule has 0 aromatic heterocycles. The third-order valence-corrected chi connectivity index (χ3v) is 3.41. The Hall–Kier alpha value is -2.24. The van der Waals surface area contributed by atoms with E-state index in [1.54, 1.807) is 0 Å². The molecule has 0 saturated carbocycles. The first-order valence-corrected chi connectivity index (χ1v) is 8.48. The Bertz CT molecular complexity index is 478. The Labute approximate surface area is 143 Å². The van der Waals surface area contributed by atoms with Gasteiger partial charge in [0.15, 0.2) is 0 Å². The van der Waals surface area contributed by atoms with Gasteiger partial charge in [0.1, 0.15) is 13.2 Å². The summed E-state index contributed by atoms with van der Waals surface area (Å²) in [6.45, 7) is 5.53. The quantitative estimate of drug-likeness (QED) is 0.494. The zero-order chi connectivity index (χ0) is 17.8. The van der Waals surface area contributed by atoms with Gasteiger partial charge in [-0.3, -0.25) is 9.59 Å². The minimum Gasteiger partial charge on any atom is -0.464 e. The maximum atomic E-state index is 11.5. The number of nitrogens with zero attached hydrogens (tertiary/aromatic N) is 1. The molecular formula is C18H28N2O4. The van der Waals surface area contributed by atoms with Gasteiger partial charge in [0.2, 0.25) is 0 Å². The monoisotopic (exact) mass is 336 g/mol. The maximum absolute atomic E-state index is 11.5. The molecule has 0 aliphatic rings. The van der Waals surface area contributed by atoms with Crippen LogP contribution in [0.5, 0.6) is 0 Å². The number of anilines is 2. The highest BCUT2D eigenvalue weighted by atomic mass is 16.5. The molecule has 134 valence electrons. The molecule has 0 bridgehead atoms. The number of carbonyl (C=O) groups is 2. The topological polar surface area (TPSA) is 81.9 Å². The van der Waals surface area contributed by atoms with Crippen molar-refractivity contribution in [1.29, 1.82) is 0 Å². The van der Waals surface area contributed by atoms with Crippen LogP contribution in [0.15, 0.2) is 24.3 Å². The van der Waals surface area contributed by atoms with Crippen LogP contribution in [0.2, 0.25) is 0 Å². The molecule has 0 amide bonds. The van der Waals surface area contributed by atoms with E-state index in [9.17, 15) is 9.59 Å². The van der Waals surface area contributed by atoms with Crippen LogP contribution in [0.4, 0.5) is 11.4 Å². The van der Waals surface area contributed by atoms with Gasteiger partial charge in [-0.25, -0.2) is 0 Å². The van der Waals surface area contributed by atoms with Gasteiger partial charge in [0.25, 0.3) is 0 Å². The van der Waals surface area contributed by atoms with Crippen molar-refractivity contribution < 1.29 is 19.1 Å². The van der Waals surface area contributed by atoms with Gasteiger partial charge in [-0.15, -0.1) is 0 Å². The van der Waals surface area contributed by atoms with Gasteiger partial charge >= 0.3 is 11.9 Å². The molecular weight excluding hydrogens is 308 g/mol. The number of rotatable bonds is 11. The fourth-order valence-corrected chi connectivity index (χ4v) is 2.15. The predicted molar refractivity (Wildman–Crippen MR) is 94.8 cm³/mol.